The van der Waals surface area contributed by atoms with Crippen LogP contribution in [0.15, 0.2) is 18.2 Å². The number of carbonyl (C=O) groups excluding carboxylic acids is 1. The molecule has 0 saturated carbocycles. The lowest BCUT2D eigenvalue weighted by molar-refractivity contribution is -0.384. The molecule has 0 fully saturated rings. The lowest BCUT2D eigenvalue weighted by Gasteiger charge is -2.11. The van der Waals surface area contributed by atoms with Gasteiger partial charge in [0.05, 0.1) is 17.1 Å². The molecular weight excluding hydrogens is 388 g/mol. The van der Waals surface area contributed by atoms with Crippen LogP contribution in [0.4, 0.5) is 37.7 Å². The van der Waals surface area contributed by atoms with Gasteiger partial charge < -0.3 is 15.4 Å². The van der Waals surface area contributed by atoms with Crippen molar-refractivity contribution in [3.63, 3.8) is 0 Å². The molecule has 0 aromatic heterocycles. The summed E-state index contributed by atoms with van der Waals surface area (Å²) >= 11 is 0. The van der Waals surface area contributed by atoms with Crippen molar-refractivity contribution in [1.82, 2.24) is 5.32 Å². The lowest BCUT2D eigenvalue weighted by atomic mass is 10.1. The molecule has 0 aliphatic rings. The number of nitro benzene ring substituents is 1. The Morgan fingerprint density at radius 2 is 1.81 bits per heavy atom. The summed E-state index contributed by atoms with van der Waals surface area (Å²) in [5.41, 5.74) is -2.18. The zero-order valence-electron chi connectivity index (χ0n) is 13.6. The Bertz CT molecular complexity index is 663. The number of ether oxygens (including phenoxy) is 1. The summed E-state index contributed by atoms with van der Waals surface area (Å²) in [5, 5.41) is 15.6. The van der Waals surface area contributed by atoms with Crippen LogP contribution >= 0.6 is 0 Å². The Labute approximate surface area is 148 Å². The first-order valence-electron chi connectivity index (χ1n) is 7.41. The Balaban J connectivity index is 2.45. The van der Waals surface area contributed by atoms with Crippen molar-refractivity contribution in [2.24, 2.45) is 0 Å². The highest BCUT2D eigenvalue weighted by atomic mass is 19.4. The summed E-state index contributed by atoms with van der Waals surface area (Å²) in [6.45, 7) is -2.11. The molecule has 0 saturated heterocycles. The first kappa shape index (κ1) is 22.5. The topological polar surface area (TPSA) is 93.5 Å². The van der Waals surface area contributed by atoms with E-state index in [1.54, 1.807) is 0 Å². The predicted octanol–water partition coefficient (Wildman–Crippen LogP) is 3.11. The molecule has 152 valence electrons. The number of halogens is 6. The van der Waals surface area contributed by atoms with Gasteiger partial charge in [-0.1, -0.05) is 0 Å². The number of hydrogen-bond donors (Lipinski definition) is 2. The summed E-state index contributed by atoms with van der Waals surface area (Å²) in [4.78, 5) is 21.4. The minimum Gasteiger partial charge on any atom is -0.379 e. The fraction of sp³-hybridized carbons (Fsp3) is 0.500. The van der Waals surface area contributed by atoms with Crippen molar-refractivity contribution >= 4 is 17.3 Å². The van der Waals surface area contributed by atoms with Crippen LogP contribution in [0.1, 0.15) is 12.0 Å². The van der Waals surface area contributed by atoms with Crippen LogP contribution in [-0.4, -0.2) is 43.3 Å². The van der Waals surface area contributed by atoms with Gasteiger partial charge in [0, 0.05) is 25.6 Å². The van der Waals surface area contributed by atoms with E-state index in [1.165, 1.54) is 0 Å². The summed E-state index contributed by atoms with van der Waals surface area (Å²) < 4.78 is 77.5. The Kier molecular flexibility index (Phi) is 7.82. The first-order valence-corrected chi connectivity index (χ1v) is 7.41. The third-order valence-electron chi connectivity index (χ3n) is 3.02. The van der Waals surface area contributed by atoms with Gasteiger partial charge in [-0.15, -0.1) is 0 Å². The average Bonchev–Trinajstić information content (AvgIpc) is 2.52. The van der Waals surface area contributed by atoms with Crippen molar-refractivity contribution < 1.29 is 40.8 Å². The zero-order chi connectivity index (χ0) is 20.7. The van der Waals surface area contributed by atoms with Gasteiger partial charge in [0.15, 0.2) is 0 Å². The minimum atomic E-state index is -4.74. The number of alkyl halides is 6. The molecule has 0 bridgehead atoms. The van der Waals surface area contributed by atoms with Crippen molar-refractivity contribution in [2.75, 3.05) is 31.6 Å². The van der Waals surface area contributed by atoms with Gasteiger partial charge in [-0.2, -0.15) is 26.3 Å². The van der Waals surface area contributed by atoms with Gasteiger partial charge in [0.25, 0.3) is 5.69 Å². The maximum atomic E-state index is 12.6. The predicted molar refractivity (Wildman–Crippen MR) is 81.1 cm³/mol. The van der Waals surface area contributed by atoms with Crippen LogP contribution in [0, 0.1) is 10.1 Å². The van der Waals surface area contributed by atoms with Crippen molar-refractivity contribution in [3.05, 3.63) is 33.9 Å². The molecule has 0 radical (unpaired) electrons. The monoisotopic (exact) mass is 403 g/mol. The van der Waals surface area contributed by atoms with Crippen molar-refractivity contribution in [2.45, 2.75) is 18.8 Å². The largest absolute Gasteiger partial charge is 0.416 e. The third kappa shape index (κ3) is 8.57. The molecule has 0 unspecified atom stereocenters. The standard InChI is InChI=1S/C14H15F6N3O4/c15-13(16,17)8-27-6-5-22-12(24)3-4-21-10-2-1-9(14(18,19)20)7-11(10)23(25)26/h1-2,7,21H,3-6,8H2,(H,22,24). The van der Waals surface area contributed by atoms with E-state index in [-0.39, 0.29) is 31.8 Å². The number of nitro groups is 1. The zero-order valence-corrected chi connectivity index (χ0v) is 13.6. The van der Waals surface area contributed by atoms with E-state index in [9.17, 15) is 41.3 Å². The normalized spacial score (nSPS) is 11.9. The fourth-order valence-electron chi connectivity index (χ4n) is 1.86. The molecule has 7 nitrogen and oxygen atoms in total. The van der Waals surface area contributed by atoms with E-state index in [1.807, 2.05) is 0 Å². The Morgan fingerprint density at radius 1 is 1.15 bits per heavy atom. The van der Waals surface area contributed by atoms with E-state index in [0.717, 1.165) is 6.07 Å². The molecule has 0 aliphatic heterocycles. The maximum absolute atomic E-state index is 12.6. The number of nitrogens with one attached hydrogen (secondary N) is 2. The second-order valence-electron chi connectivity index (χ2n) is 5.18. The second-order valence-corrected chi connectivity index (χ2v) is 5.18. The Hall–Kier alpha value is -2.57. The molecule has 0 heterocycles. The van der Waals surface area contributed by atoms with E-state index < -0.39 is 41.0 Å². The number of anilines is 1. The molecule has 0 spiro atoms. The first-order chi connectivity index (χ1) is 12.4. The van der Waals surface area contributed by atoms with Gasteiger partial charge in [-0.05, 0) is 12.1 Å². The number of nitrogens with zero attached hydrogens (tertiary/aromatic N) is 1. The van der Waals surface area contributed by atoms with Gasteiger partial charge in [-0.3, -0.25) is 14.9 Å². The highest BCUT2D eigenvalue weighted by molar-refractivity contribution is 5.76. The SMILES string of the molecule is O=C(CCNc1ccc(C(F)(F)F)cc1[N+](=O)[O-])NCCOCC(F)(F)F. The summed E-state index contributed by atoms with van der Waals surface area (Å²) in [7, 11) is 0. The number of benzene rings is 1. The quantitative estimate of drug-likeness (QED) is 0.286. The van der Waals surface area contributed by atoms with Crippen LogP contribution in [-0.2, 0) is 15.7 Å². The van der Waals surface area contributed by atoms with Gasteiger partial charge >= 0.3 is 12.4 Å². The summed E-state index contributed by atoms with van der Waals surface area (Å²) in [5.74, 6) is -0.576. The summed E-state index contributed by atoms with van der Waals surface area (Å²) in [6, 6.07) is 1.91. The third-order valence-corrected chi connectivity index (χ3v) is 3.02. The van der Waals surface area contributed by atoms with E-state index in [4.69, 9.17) is 0 Å². The van der Waals surface area contributed by atoms with Crippen LogP contribution in [0.25, 0.3) is 0 Å². The Morgan fingerprint density at radius 3 is 2.37 bits per heavy atom. The van der Waals surface area contributed by atoms with E-state index >= 15 is 0 Å². The number of carbonyl (C=O) groups is 1. The second kappa shape index (κ2) is 9.39. The van der Waals surface area contributed by atoms with Crippen LogP contribution in [0.5, 0.6) is 0 Å². The van der Waals surface area contributed by atoms with Gasteiger partial charge in [-0.25, -0.2) is 0 Å². The van der Waals surface area contributed by atoms with Crippen molar-refractivity contribution in [3.8, 4) is 0 Å². The number of rotatable bonds is 9. The molecular formula is C14H15F6N3O4. The average molecular weight is 403 g/mol. The molecule has 0 aliphatic carbocycles. The van der Waals surface area contributed by atoms with Crippen molar-refractivity contribution in [1.29, 1.82) is 0 Å². The number of amides is 1. The minimum absolute atomic E-state index is 0.137. The van der Waals surface area contributed by atoms with Crippen LogP contribution in [0.3, 0.4) is 0 Å². The number of hydrogen-bond acceptors (Lipinski definition) is 5. The molecule has 2 N–H and O–H groups in total. The van der Waals surface area contributed by atoms with Gasteiger partial charge in [0.2, 0.25) is 5.91 Å². The van der Waals surface area contributed by atoms with Gasteiger partial charge in [0.1, 0.15) is 12.3 Å². The molecule has 1 aromatic carbocycles. The van der Waals surface area contributed by atoms with E-state index in [0.29, 0.717) is 12.1 Å². The lowest BCUT2D eigenvalue weighted by Crippen LogP contribution is -2.30. The molecule has 0 atom stereocenters. The highest BCUT2D eigenvalue weighted by Crippen LogP contribution is 2.34. The molecule has 13 heteroatoms. The van der Waals surface area contributed by atoms with E-state index in [2.05, 4.69) is 15.4 Å². The molecule has 1 amide bonds. The molecule has 1 rings (SSSR count). The highest BCUT2D eigenvalue weighted by Gasteiger charge is 2.33. The van der Waals surface area contributed by atoms with Crippen LogP contribution < -0.4 is 10.6 Å². The molecule has 1 aromatic rings. The molecule has 27 heavy (non-hydrogen) atoms. The maximum Gasteiger partial charge on any atom is 0.416 e. The summed E-state index contributed by atoms with van der Waals surface area (Å²) in [6.07, 6.45) is -9.42. The smallest absolute Gasteiger partial charge is 0.379 e. The van der Waals surface area contributed by atoms with Crippen LogP contribution in [0.2, 0.25) is 0 Å². The fourth-order valence-corrected chi connectivity index (χ4v) is 1.86.